The Morgan fingerprint density at radius 2 is 1.47 bits per heavy atom. The molecule has 3 aromatic rings. The number of H-pyrrole nitrogens is 1. The molecule has 3 aromatic heterocycles. The van der Waals surface area contributed by atoms with Crippen LogP contribution in [0.15, 0.2) is 48.8 Å². The number of nitrogens with zero attached hydrogens (tertiary/aromatic N) is 3. The summed E-state index contributed by atoms with van der Waals surface area (Å²) in [5.41, 5.74) is 2.57. The zero-order valence-corrected chi connectivity index (χ0v) is 17.7. The van der Waals surface area contributed by atoms with E-state index in [4.69, 9.17) is 12.2 Å². The van der Waals surface area contributed by atoms with Gasteiger partial charge in [-0.3, -0.25) is 9.97 Å². The van der Waals surface area contributed by atoms with E-state index in [-0.39, 0.29) is 17.3 Å². The minimum absolute atomic E-state index is 0.000454. The second-order valence-electron chi connectivity index (χ2n) is 9.58. The Balaban J connectivity index is 1.57. The molecule has 3 heterocycles. The molecule has 4 aliphatic rings. The van der Waals surface area contributed by atoms with Gasteiger partial charge in [0.2, 0.25) is 5.88 Å². The second-order valence-corrected chi connectivity index (χ2v) is 9.97. The van der Waals surface area contributed by atoms with Crippen LogP contribution >= 0.6 is 12.2 Å². The smallest absolute Gasteiger partial charge is 0.211 e. The van der Waals surface area contributed by atoms with Gasteiger partial charge in [-0.05, 0) is 92.8 Å². The molecule has 0 aromatic carbocycles. The Labute approximate surface area is 181 Å². The van der Waals surface area contributed by atoms with E-state index in [1.807, 2.05) is 36.4 Å². The van der Waals surface area contributed by atoms with E-state index >= 15 is 0 Å². The van der Waals surface area contributed by atoms with Crippen molar-refractivity contribution >= 4 is 12.2 Å². The van der Waals surface area contributed by atoms with Crippen LogP contribution in [0, 0.1) is 22.5 Å². The highest BCUT2D eigenvalue weighted by atomic mass is 32.1. The van der Waals surface area contributed by atoms with Gasteiger partial charge >= 0.3 is 0 Å². The highest BCUT2D eigenvalue weighted by Gasteiger charge is 2.53. The number of aromatic amines is 1. The van der Waals surface area contributed by atoms with Crippen molar-refractivity contribution in [3.8, 4) is 5.88 Å². The number of pyridine rings is 2. The maximum atomic E-state index is 11.1. The zero-order chi connectivity index (χ0) is 20.3. The van der Waals surface area contributed by atoms with Crippen LogP contribution in [0.1, 0.15) is 61.5 Å². The van der Waals surface area contributed by atoms with Crippen molar-refractivity contribution in [1.29, 1.82) is 0 Å². The topological polar surface area (TPSA) is 66.7 Å². The molecule has 30 heavy (non-hydrogen) atoms. The minimum Gasteiger partial charge on any atom is -0.493 e. The Bertz CT molecular complexity index is 1050. The van der Waals surface area contributed by atoms with E-state index < -0.39 is 0 Å². The van der Waals surface area contributed by atoms with Crippen LogP contribution in [0.3, 0.4) is 0 Å². The predicted octanol–water partition coefficient (Wildman–Crippen LogP) is 5.15. The summed E-state index contributed by atoms with van der Waals surface area (Å²) < 4.78 is 2.91. The molecule has 5 nitrogen and oxygen atoms in total. The standard InChI is InChI=1S/C24H26N4OS/c29-22-21(20(18-5-1-3-7-25-18)19-6-2-4-8-26-19)28(23(30)27-22)24-12-15-9-16(13-24)11-17(10-15)14-24/h1-8,15-17,20,29H,9-14H2,(H,27,30). The lowest BCUT2D eigenvalue weighted by atomic mass is 9.53. The van der Waals surface area contributed by atoms with E-state index in [0.29, 0.717) is 4.77 Å². The third-order valence-corrected chi connectivity index (χ3v) is 7.92. The first-order valence-corrected chi connectivity index (χ1v) is 11.4. The SMILES string of the molecule is Oc1[nH]c(=S)n(C23CC4CC(CC(C4)C2)C3)c1C(c1ccccn1)c1ccccn1. The minimum atomic E-state index is -0.270. The van der Waals surface area contributed by atoms with Gasteiger partial charge in [0.15, 0.2) is 4.77 Å². The molecule has 0 unspecified atom stereocenters. The largest absolute Gasteiger partial charge is 0.493 e. The van der Waals surface area contributed by atoms with E-state index in [2.05, 4.69) is 19.5 Å². The summed E-state index contributed by atoms with van der Waals surface area (Å²) in [6.07, 6.45) is 11.2. The Morgan fingerprint density at radius 3 is 1.93 bits per heavy atom. The van der Waals surface area contributed by atoms with Crippen molar-refractivity contribution in [2.45, 2.75) is 50.0 Å². The number of imidazole rings is 1. The van der Waals surface area contributed by atoms with Crippen molar-refractivity contribution in [1.82, 2.24) is 19.5 Å². The summed E-state index contributed by atoms with van der Waals surface area (Å²) in [5.74, 6) is 2.23. The predicted molar refractivity (Wildman–Crippen MR) is 117 cm³/mol. The normalized spacial score (nSPS) is 29.6. The summed E-state index contributed by atoms with van der Waals surface area (Å²) >= 11 is 5.82. The summed E-state index contributed by atoms with van der Waals surface area (Å²) in [6, 6.07) is 11.8. The molecule has 0 atom stereocenters. The van der Waals surface area contributed by atoms with E-state index in [9.17, 15) is 5.11 Å². The van der Waals surface area contributed by atoms with Crippen LogP contribution in [0.5, 0.6) is 5.88 Å². The highest BCUT2D eigenvalue weighted by molar-refractivity contribution is 7.71. The molecule has 0 aliphatic heterocycles. The van der Waals surface area contributed by atoms with Crippen LogP contribution in [0.4, 0.5) is 0 Å². The average molecular weight is 419 g/mol. The molecular weight excluding hydrogens is 392 g/mol. The fraction of sp³-hybridized carbons (Fsp3) is 0.458. The number of rotatable bonds is 4. The molecule has 7 rings (SSSR count). The Morgan fingerprint density at radius 1 is 0.933 bits per heavy atom. The van der Waals surface area contributed by atoms with Crippen molar-refractivity contribution in [2.24, 2.45) is 17.8 Å². The molecule has 2 N–H and O–H groups in total. The van der Waals surface area contributed by atoms with Crippen LogP contribution in [0.25, 0.3) is 0 Å². The zero-order valence-electron chi connectivity index (χ0n) is 16.9. The average Bonchev–Trinajstić information content (AvgIpc) is 3.03. The first-order chi connectivity index (χ1) is 14.6. The molecule has 0 spiro atoms. The summed E-state index contributed by atoms with van der Waals surface area (Å²) in [4.78, 5) is 12.4. The molecule has 0 radical (unpaired) electrons. The molecule has 4 aliphatic carbocycles. The molecule has 4 bridgehead atoms. The van der Waals surface area contributed by atoms with Crippen LogP contribution < -0.4 is 0 Å². The summed E-state index contributed by atoms with van der Waals surface area (Å²) in [6.45, 7) is 0. The first-order valence-electron chi connectivity index (χ1n) is 11.0. The lowest BCUT2D eigenvalue weighted by Crippen LogP contribution is -2.52. The van der Waals surface area contributed by atoms with Gasteiger partial charge in [-0.15, -0.1) is 0 Å². The number of hydrogen-bond donors (Lipinski definition) is 2. The van der Waals surface area contributed by atoms with E-state index in [1.165, 1.54) is 19.3 Å². The van der Waals surface area contributed by atoms with Gasteiger partial charge in [0.05, 0.1) is 23.0 Å². The van der Waals surface area contributed by atoms with E-state index in [0.717, 1.165) is 54.1 Å². The lowest BCUT2D eigenvalue weighted by molar-refractivity contribution is -0.0452. The van der Waals surface area contributed by atoms with Crippen molar-refractivity contribution in [3.63, 3.8) is 0 Å². The third kappa shape index (κ3) is 2.77. The van der Waals surface area contributed by atoms with Crippen molar-refractivity contribution in [3.05, 3.63) is 70.6 Å². The first kappa shape index (κ1) is 18.3. The summed E-state index contributed by atoms with van der Waals surface area (Å²) in [7, 11) is 0. The van der Waals surface area contributed by atoms with Crippen LogP contribution in [0.2, 0.25) is 0 Å². The van der Waals surface area contributed by atoms with Gasteiger partial charge in [-0.1, -0.05) is 12.1 Å². The molecule has 0 amide bonds. The quantitative estimate of drug-likeness (QED) is 0.575. The van der Waals surface area contributed by atoms with Crippen LogP contribution in [-0.2, 0) is 5.54 Å². The van der Waals surface area contributed by atoms with Gasteiger partial charge in [0.1, 0.15) is 0 Å². The van der Waals surface area contributed by atoms with Gasteiger partial charge in [-0.2, -0.15) is 0 Å². The Kier molecular flexibility index (Phi) is 4.13. The van der Waals surface area contributed by atoms with E-state index in [1.54, 1.807) is 12.4 Å². The third-order valence-electron chi connectivity index (χ3n) is 7.63. The highest BCUT2D eigenvalue weighted by Crippen LogP contribution is 2.60. The molecular formula is C24H26N4OS. The number of hydrogen-bond acceptors (Lipinski definition) is 4. The molecule has 4 fully saturated rings. The van der Waals surface area contributed by atoms with Crippen LogP contribution in [-0.4, -0.2) is 24.6 Å². The Hall–Kier alpha value is -2.47. The number of aromatic hydroxyl groups is 1. The van der Waals surface area contributed by atoms with Gasteiger partial charge in [0.25, 0.3) is 0 Å². The fourth-order valence-electron chi connectivity index (χ4n) is 7.04. The molecule has 6 heteroatoms. The number of nitrogens with one attached hydrogen (secondary N) is 1. The molecule has 4 saturated carbocycles. The second kappa shape index (κ2) is 6.77. The van der Waals surface area contributed by atoms with Crippen molar-refractivity contribution < 1.29 is 5.11 Å². The van der Waals surface area contributed by atoms with Gasteiger partial charge < -0.3 is 14.7 Å². The van der Waals surface area contributed by atoms with Gasteiger partial charge in [0, 0.05) is 17.9 Å². The molecule has 154 valence electrons. The maximum Gasteiger partial charge on any atom is 0.211 e. The fourth-order valence-corrected chi connectivity index (χ4v) is 7.43. The van der Waals surface area contributed by atoms with Gasteiger partial charge in [-0.25, -0.2) is 0 Å². The maximum absolute atomic E-state index is 11.1. The number of aromatic nitrogens is 4. The molecule has 0 saturated heterocycles. The monoisotopic (exact) mass is 418 g/mol. The van der Waals surface area contributed by atoms with Crippen molar-refractivity contribution in [2.75, 3.05) is 0 Å². The summed E-state index contributed by atoms with van der Waals surface area (Å²) in [5, 5.41) is 11.1. The lowest BCUT2D eigenvalue weighted by Gasteiger charge is -2.57.